The van der Waals surface area contributed by atoms with Crippen molar-refractivity contribution in [2.24, 2.45) is 5.92 Å². The predicted octanol–water partition coefficient (Wildman–Crippen LogP) is 3.70. The van der Waals surface area contributed by atoms with Crippen LogP contribution in [0.25, 0.3) is 0 Å². The van der Waals surface area contributed by atoms with Crippen molar-refractivity contribution in [1.82, 2.24) is 5.32 Å². The Kier molecular flexibility index (Phi) is 5.67. The van der Waals surface area contributed by atoms with Gasteiger partial charge in [-0.3, -0.25) is 0 Å². The highest BCUT2D eigenvalue weighted by molar-refractivity contribution is 5.38. The van der Waals surface area contributed by atoms with Gasteiger partial charge >= 0.3 is 0 Å². The highest BCUT2D eigenvalue weighted by Crippen LogP contribution is 2.23. The van der Waals surface area contributed by atoms with E-state index in [0.717, 1.165) is 12.3 Å². The predicted molar refractivity (Wildman–Crippen MR) is 78.3 cm³/mol. The molecule has 1 rings (SSSR count). The van der Waals surface area contributed by atoms with Crippen LogP contribution in [-0.2, 0) is 0 Å². The maximum absolute atomic E-state index is 6.18. The number of hydrogen-bond donors (Lipinski definition) is 1. The van der Waals surface area contributed by atoms with Gasteiger partial charge in [0.15, 0.2) is 0 Å². The molecule has 0 radical (unpaired) electrons. The fourth-order valence-corrected chi connectivity index (χ4v) is 1.78. The minimum absolute atomic E-state index is 0.216. The summed E-state index contributed by atoms with van der Waals surface area (Å²) >= 11 is 0. The van der Waals surface area contributed by atoms with Crippen molar-refractivity contribution in [3.05, 3.63) is 29.3 Å². The van der Waals surface area contributed by atoms with E-state index in [1.54, 1.807) is 0 Å². The molecule has 0 saturated carbocycles. The van der Waals surface area contributed by atoms with Gasteiger partial charge in [0, 0.05) is 12.6 Å². The number of ether oxygens (including phenoxy) is 1. The zero-order chi connectivity index (χ0) is 13.7. The molecule has 1 aromatic carbocycles. The quantitative estimate of drug-likeness (QED) is 0.830. The first-order chi connectivity index (χ1) is 8.41. The van der Waals surface area contributed by atoms with E-state index in [4.69, 9.17) is 4.74 Å². The molecule has 0 spiro atoms. The van der Waals surface area contributed by atoms with Gasteiger partial charge in [-0.15, -0.1) is 0 Å². The van der Waals surface area contributed by atoms with Crippen molar-refractivity contribution in [3.63, 3.8) is 0 Å². The Hall–Kier alpha value is -1.02. The van der Waals surface area contributed by atoms with Gasteiger partial charge in [0.1, 0.15) is 11.9 Å². The molecule has 2 nitrogen and oxygen atoms in total. The minimum atomic E-state index is 0.216. The van der Waals surface area contributed by atoms with Gasteiger partial charge in [0.05, 0.1) is 0 Å². The Balaban J connectivity index is 2.74. The average Bonchev–Trinajstić information content (AvgIpc) is 2.29. The summed E-state index contributed by atoms with van der Waals surface area (Å²) in [6.07, 6.45) is 0.216. The van der Waals surface area contributed by atoms with E-state index >= 15 is 0 Å². The van der Waals surface area contributed by atoms with E-state index in [-0.39, 0.29) is 6.10 Å². The second kappa shape index (κ2) is 6.79. The number of nitrogens with one attached hydrogen (secondary N) is 1. The summed E-state index contributed by atoms with van der Waals surface area (Å²) in [5.74, 6) is 1.51. The zero-order valence-electron chi connectivity index (χ0n) is 12.6. The summed E-state index contributed by atoms with van der Waals surface area (Å²) in [4.78, 5) is 0. The normalized spacial score (nSPS) is 13.1. The smallest absolute Gasteiger partial charge is 0.122 e. The van der Waals surface area contributed by atoms with Crippen molar-refractivity contribution in [2.45, 2.75) is 53.7 Å². The number of rotatable bonds is 6. The van der Waals surface area contributed by atoms with Gasteiger partial charge in [-0.1, -0.05) is 39.8 Å². The molecule has 102 valence electrons. The molecule has 1 unspecified atom stereocenters. The topological polar surface area (TPSA) is 21.3 Å². The molecule has 1 N–H and O–H groups in total. The number of aryl methyl sites for hydroxylation is 1. The van der Waals surface area contributed by atoms with Crippen LogP contribution in [0.2, 0.25) is 0 Å². The van der Waals surface area contributed by atoms with Gasteiger partial charge < -0.3 is 10.1 Å². The Morgan fingerprint density at radius 1 is 1.11 bits per heavy atom. The molecule has 0 aliphatic rings. The lowest BCUT2D eigenvalue weighted by molar-refractivity contribution is 0.145. The summed E-state index contributed by atoms with van der Waals surface area (Å²) in [5, 5.41) is 3.46. The third-order valence-corrected chi connectivity index (χ3v) is 3.30. The van der Waals surface area contributed by atoms with Crippen LogP contribution in [0, 0.1) is 19.8 Å². The first-order valence-electron chi connectivity index (χ1n) is 6.88. The summed E-state index contributed by atoms with van der Waals surface area (Å²) in [7, 11) is 0. The van der Waals surface area contributed by atoms with Crippen LogP contribution in [0.15, 0.2) is 18.2 Å². The molecule has 0 bridgehead atoms. The van der Waals surface area contributed by atoms with Crippen LogP contribution in [0.3, 0.4) is 0 Å². The molecule has 1 aromatic rings. The molecule has 0 aliphatic heterocycles. The van der Waals surface area contributed by atoms with Crippen LogP contribution < -0.4 is 10.1 Å². The Labute approximate surface area is 112 Å². The Bertz CT molecular complexity index is 371. The second-order valence-electron chi connectivity index (χ2n) is 5.66. The molecular formula is C16H27NO. The molecule has 18 heavy (non-hydrogen) atoms. The maximum Gasteiger partial charge on any atom is 0.122 e. The van der Waals surface area contributed by atoms with Crippen LogP contribution in [0.1, 0.15) is 38.8 Å². The van der Waals surface area contributed by atoms with Crippen LogP contribution in [0.5, 0.6) is 5.75 Å². The molecule has 0 saturated heterocycles. The molecule has 2 heteroatoms. The lowest BCUT2D eigenvalue weighted by Gasteiger charge is -2.25. The minimum Gasteiger partial charge on any atom is -0.489 e. The standard InChI is InChI=1S/C16H27NO/c1-11(2)16(10-17-12(3)4)18-15-9-7-8-13(5)14(15)6/h7-9,11-12,16-17H,10H2,1-6H3. The maximum atomic E-state index is 6.18. The zero-order valence-corrected chi connectivity index (χ0v) is 12.6. The SMILES string of the molecule is Cc1cccc(OC(CNC(C)C)C(C)C)c1C. The third-order valence-electron chi connectivity index (χ3n) is 3.30. The fourth-order valence-electron chi connectivity index (χ4n) is 1.78. The molecule has 1 atom stereocenters. The summed E-state index contributed by atoms with van der Waals surface area (Å²) < 4.78 is 6.18. The molecule has 0 aliphatic carbocycles. The first-order valence-corrected chi connectivity index (χ1v) is 6.88. The van der Waals surface area contributed by atoms with Crippen LogP contribution in [-0.4, -0.2) is 18.7 Å². The van der Waals surface area contributed by atoms with Gasteiger partial charge in [0.25, 0.3) is 0 Å². The van der Waals surface area contributed by atoms with Crippen molar-refractivity contribution < 1.29 is 4.74 Å². The van der Waals surface area contributed by atoms with Gasteiger partial charge in [0.2, 0.25) is 0 Å². The molecule has 0 fully saturated rings. The Morgan fingerprint density at radius 3 is 2.33 bits per heavy atom. The summed E-state index contributed by atoms with van der Waals surface area (Å²) in [6.45, 7) is 13.9. The van der Waals surface area contributed by atoms with Crippen molar-refractivity contribution in [2.75, 3.05) is 6.54 Å². The summed E-state index contributed by atoms with van der Waals surface area (Å²) in [5.41, 5.74) is 2.53. The Morgan fingerprint density at radius 2 is 1.78 bits per heavy atom. The summed E-state index contributed by atoms with van der Waals surface area (Å²) in [6, 6.07) is 6.74. The highest BCUT2D eigenvalue weighted by Gasteiger charge is 2.16. The van der Waals surface area contributed by atoms with E-state index < -0.39 is 0 Å². The van der Waals surface area contributed by atoms with Crippen LogP contribution in [0.4, 0.5) is 0 Å². The van der Waals surface area contributed by atoms with E-state index in [2.05, 4.69) is 65.1 Å². The third kappa shape index (κ3) is 4.34. The molecule has 0 aromatic heterocycles. The van der Waals surface area contributed by atoms with E-state index in [9.17, 15) is 0 Å². The fraction of sp³-hybridized carbons (Fsp3) is 0.625. The van der Waals surface area contributed by atoms with Crippen LogP contribution >= 0.6 is 0 Å². The van der Waals surface area contributed by atoms with Crippen molar-refractivity contribution in [3.8, 4) is 5.75 Å². The lowest BCUT2D eigenvalue weighted by Crippen LogP contribution is -2.38. The molecule has 0 heterocycles. The largest absolute Gasteiger partial charge is 0.489 e. The first kappa shape index (κ1) is 15.0. The molecular weight excluding hydrogens is 222 g/mol. The highest BCUT2D eigenvalue weighted by atomic mass is 16.5. The van der Waals surface area contributed by atoms with E-state index in [1.807, 2.05) is 0 Å². The number of hydrogen-bond acceptors (Lipinski definition) is 2. The van der Waals surface area contributed by atoms with E-state index in [0.29, 0.717) is 12.0 Å². The van der Waals surface area contributed by atoms with E-state index in [1.165, 1.54) is 11.1 Å². The lowest BCUT2D eigenvalue weighted by atomic mass is 10.1. The van der Waals surface area contributed by atoms with Crippen molar-refractivity contribution in [1.29, 1.82) is 0 Å². The van der Waals surface area contributed by atoms with Gasteiger partial charge in [-0.05, 0) is 37.0 Å². The van der Waals surface area contributed by atoms with Gasteiger partial charge in [-0.25, -0.2) is 0 Å². The van der Waals surface area contributed by atoms with Crippen molar-refractivity contribution >= 4 is 0 Å². The second-order valence-corrected chi connectivity index (χ2v) is 5.66. The molecule has 0 amide bonds. The van der Waals surface area contributed by atoms with Gasteiger partial charge in [-0.2, -0.15) is 0 Å². The number of benzene rings is 1. The average molecular weight is 249 g/mol. The monoisotopic (exact) mass is 249 g/mol.